The van der Waals surface area contributed by atoms with E-state index in [-0.39, 0.29) is 11.3 Å². The Labute approximate surface area is 130 Å². The summed E-state index contributed by atoms with van der Waals surface area (Å²) < 4.78 is 1.81. The van der Waals surface area contributed by atoms with Crippen molar-refractivity contribution in [1.29, 1.82) is 0 Å². The van der Waals surface area contributed by atoms with Crippen LogP contribution < -0.4 is 5.73 Å². The number of hydrogen-bond donors (Lipinski definition) is 1. The normalized spacial score (nSPS) is 21.3. The van der Waals surface area contributed by atoms with E-state index >= 15 is 0 Å². The van der Waals surface area contributed by atoms with Crippen LogP contribution >= 0.6 is 0 Å². The molecule has 0 saturated carbocycles. The molecule has 1 saturated heterocycles. The number of hydrogen-bond acceptors (Lipinski definition) is 3. The van der Waals surface area contributed by atoms with E-state index < -0.39 is 0 Å². The van der Waals surface area contributed by atoms with Gasteiger partial charge in [-0.1, -0.05) is 25.1 Å². The number of aromatic nitrogens is 2. The van der Waals surface area contributed by atoms with Gasteiger partial charge in [0, 0.05) is 13.1 Å². The predicted octanol–water partition coefficient (Wildman–Crippen LogP) is 1.99. The molecule has 1 atom stereocenters. The summed E-state index contributed by atoms with van der Waals surface area (Å²) >= 11 is 0. The van der Waals surface area contributed by atoms with Crippen molar-refractivity contribution in [2.45, 2.75) is 20.3 Å². The van der Waals surface area contributed by atoms with Crippen molar-refractivity contribution >= 4 is 5.91 Å². The van der Waals surface area contributed by atoms with Crippen molar-refractivity contribution in [2.24, 2.45) is 11.1 Å². The third-order valence-electron chi connectivity index (χ3n) is 4.58. The van der Waals surface area contributed by atoms with Gasteiger partial charge in [0.25, 0.3) is 5.91 Å². The number of nitrogens with zero attached hydrogens (tertiary/aromatic N) is 3. The summed E-state index contributed by atoms with van der Waals surface area (Å²) in [6.07, 6.45) is 2.63. The van der Waals surface area contributed by atoms with Crippen LogP contribution in [0.1, 0.15) is 29.4 Å². The van der Waals surface area contributed by atoms with E-state index in [4.69, 9.17) is 5.73 Å². The number of rotatable bonds is 3. The Morgan fingerprint density at radius 2 is 2.09 bits per heavy atom. The maximum atomic E-state index is 12.7. The Balaban J connectivity index is 1.85. The van der Waals surface area contributed by atoms with Crippen LogP contribution in [0.4, 0.5) is 0 Å². The van der Waals surface area contributed by atoms with E-state index in [2.05, 4.69) is 12.0 Å². The van der Waals surface area contributed by atoms with Crippen LogP contribution in [-0.2, 0) is 0 Å². The largest absolute Gasteiger partial charge is 0.338 e. The fourth-order valence-corrected chi connectivity index (χ4v) is 2.98. The van der Waals surface area contributed by atoms with Crippen molar-refractivity contribution in [3.8, 4) is 5.69 Å². The number of nitrogens with two attached hydrogens (primary N) is 1. The molecule has 1 aromatic heterocycles. The van der Waals surface area contributed by atoms with Gasteiger partial charge in [-0.15, -0.1) is 0 Å². The molecule has 2 heterocycles. The average Bonchev–Trinajstić information content (AvgIpc) is 3.12. The topological polar surface area (TPSA) is 64.2 Å². The molecule has 0 spiro atoms. The summed E-state index contributed by atoms with van der Waals surface area (Å²) in [7, 11) is 0. The fourth-order valence-electron chi connectivity index (χ4n) is 2.98. The zero-order valence-electron chi connectivity index (χ0n) is 13.1. The number of likely N-dealkylation sites (tertiary alicyclic amines) is 1. The third kappa shape index (κ3) is 2.52. The third-order valence-corrected chi connectivity index (χ3v) is 4.58. The molecule has 1 aliphatic rings. The van der Waals surface area contributed by atoms with Gasteiger partial charge in [0.15, 0.2) is 0 Å². The van der Waals surface area contributed by atoms with Crippen molar-refractivity contribution in [3.63, 3.8) is 0 Å². The Morgan fingerprint density at radius 3 is 2.73 bits per heavy atom. The number of para-hydroxylation sites is 1. The molecule has 22 heavy (non-hydrogen) atoms. The quantitative estimate of drug-likeness (QED) is 0.942. The van der Waals surface area contributed by atoms with Gasteiger partial charge in [-0.3, -0.25) is 4.79 Å². The highest BCUT2D eigenvalue weighted by atomic mass is 16.2. The molecular formula is C17H22N4O. The highest BCUT2D eigenvalue weighted by Gasteiger charge is 2.36. The summed E-state index contributed by atoms with van der Waals surface area (Å²) in [5, 5.41) is 4.38. The van der Waals surface area contributed by atoms with Crippen LogP contribution in [0.25, 0.3) is 5.69 Å². The summed E-state index contributed by atoms with van der Waals surface area (Å²) in [4.78, 5) is 14.6. The molecule has 1 amide bonds. The first-order valence-electron chi connectivity index (χ1n) is 7.63. The lowest BCUT2D eigenvalue weighted by atomic mass is 9.90. The van der Waals surface area contributed by atoms with E-state index in [1.165, 1.54) is 0 Å². The Hall–Kier alpha value is -2.14. The molecule has 1 aliphatic heterocycles. The minimum atomic E-state index is 0.0407. The summed E-state index contributed by atoms with van der Waals surface area (Å²) in [6, 6.07) is 9.85. The van der Waals surface area contributed by atoms with E-state index in [9.17, 15) is 4.79 Å². The monoisotopic (exact) mass is 298 g/mol. The van der Waals surface area contributed by atoms with Crippen LogP contribution in [-0.4, -0.2) is 40.2 Å². The molecule has 0 radical (unpaired) electrons. The van der Waals surface area contributed by atoms with Crippen molar-refractivity contribution in [3.05, 3.63) is 47.8 Å². The smallest absolute Gasteiger partial charge is 0.257 e. The van der Waals surface area contributed by atoms with Crippen molar-refractivity contribution in [2.75, 3.05) is 19.6 Å². The molecule has 1 unspecified atom stereocenters. The van der Waals surface area contributed by atoms with Gasteiger partial charge in [0.2, 0.25) is 0 Å². The summed E-state index contributed by atoms with van der Waals surface area (Å²) in [6.45, 7) is 6.17. The van der Waals surface area contributed by atoms with E-state index in [1.54, 1.807) is 6.20 Å². The molecule has 5 nitrogen and oxygen atoms in total. The SMILES string of the molecule is Cc1c(C(=O)N2CCC(C)(CN)C2)cnn1-c1ccccc1. The first-order chi connectivity index (χ1) is 10.5. The van der Waals surface area contributed by atoms with Crippen molar-refractivity contribution < 1.29 is 4.79 Å². The molecule has 116 valence electrons. The van der Waals surface area contributed by atoms with Gasteiger partial charge in [0.05, 0.1) is 23.1 Å². The van der Waals surface area contributed by atoms with E-state index in [0.717, 1.165) is 30.9 Å². The standard InChI is InChI=1S/C17H22N4O/c1-13-15(10-19-21(13)14-6-4-3-5-7-14)16(22)20-9-8-17(2,11-18)12-20/h3-7,10H,8-9,11-12,18H2,1-2H3. The van der Waals surface area contributed by atoms with Crippen LogP contribution in [0, 0.1) is 12.3 Å². The second-order valence-electron chi connectivity index (χ2n) is 6.38. The molecule has 0 aliphatic carbocycles. The second-order valence-corrected chi connectivity index (χ2v) is 6.38. The maximum Gasteiger partial charge on any atom is 0.257 e. The molecule has 1 aromatic carbocycles. The lowest BCUT2D eigenvalue weighted by Gasteiger charge is -2.22. The van der Waals surface area contributed by atoms with Crippen LogP contribution in [0.2, 0.25) is 0 Å². The molecule has 2 aromatic rings. The Kier molecular flexibility index (Phi) is 3.74. The highest BCUT2D eigenvalue weighted by Crippen LogP contribution is 2.30. The van der Waals surface area contributed by atoms with Gasteiger partial charge in [-0.2, -0.15) is 5.10 Å². The minimum Gasteiger partial charge on any atom is -0.338 e. The minimum absolute atomic E-state index is 0.0407. The Bertz CT molecular complexity index is 679. The second kappa shape index (κ2) is 5.57. The first kappa shape index (κ1) is 14.8. The zero-order chi connectivity index (χ0) is 15.7. The number of amides is 1. The first-order valence-corrected chi connectivity index (χ1v) is 7.63. The predicted molar refractivity (Wildman–Crippen MR) is 86.0 cm³/mol. The molecule has 2 N–H and O–H groups in total. The summed E-state index contributed by atoms with van der Waals surface area (Å²) in [5.74, 6) is 0.0526. The van der Waals surface area contributed by atoms with Gasteiger partial charge < -0.3 is 10.6 Å². The van der Waals surface area contributed by atoms with E-state index in [1.807, 2.05) is 46.8 Å². The van der Waals surface area contributed by atoms with E-state index in [0.29, 0.717) is 12.1 Å². The van der Waals surface area contributed by atoms with Crippen LogP contribution in [0.15, 0.2) is 36.5 Å². The van der Waals surface area contributed by atoms with Gasteiger partial charge >= 0.3 is 0 Å². The van der Waals surface area contributed by atoms with Crippen LogP contribution in [0.3, 0.4) is 0 Å². The number of benzene rings is 1. The highest BCUT2D eigenvalue weighted by molar-refractivity contribution is 5.95. The molecule has 5 heteroatoms. The van der Waals surface area contributed by atoms with Crippen molar-refractivity contribution in [1.82, 2.24) is 14.7 Å². The molecular weight excluding hydrogens is 276 g/mol. The Morgan fingerprint density at radius 1 is 1.36 bits per heavy atom. The molecule has 1 fully saturated rings. The molecule has 3 rings (SSSR count). The lowest BCUT2D eigenvalue weighted by molar-refractivity contribution is 0.0776. The van der Waals surface area contributed by atoms with Gasteiger partial charge in [-0.25, -0.2) is 4.68 Å². The molecule has 0 bridgehead atoms. The zero-order valence-corrected chi connectivity index (χ0v) is 13.1. The van der Waals surface area contributed by atoms with Gasteiger partial charge in [0.1, 0.15) is 0 Å². The average molecular weight is 298 g/mol. The number of carbonyl (C=O) groups is 1. The van der Waals surface area contributed by atoms with Gasteiger partial charge in [-0.05, 0) is 37.4 Å². The summed E-state index contributed by atoms with van der Waals surface area (Å²) in [5.41, 5.74) is 8.37. The lowest BCUT2D eigenvalue weighted by Crippen LogP contribution is -2.34. The maximum absolute atomic E-state index is 12.7. The van der Waals surface area contributed by atoms with Crippen LogP contribution in [0.5, 0.6) is 0 Å². The number of carbonyl (C=O) groups excluding carboxylic acids is 1. The fraction of sp³-hybridized carbons (Fsp3) is 0.412.